The quantitative estimate of drug-likeness (QED) is 0.0420. The topological polar surface area (TPSA) is 183 Å². The van der Waals surface area contributed by atoms with Crippen molar-refractivity contribution in [3.8, 4) is 0 Å². The lowest BCUT2D eigenvalue weighted by atomic mass is 9.74. The summed E-state index contributed by atoms with van der Waals surface area (Å²) < 4.78 is 80.6. The van der Waals surface area contributed by atoms with Gasteiger partial charge in [-0.05, 0) is 131 Å². The van der Waals surface area contributed by atoms with Crippen molar-refractivity contribution in [3.05, 3.63) is 191 Å². The van der Waals surface area contributed by atoms with Crippen molar-refractivity contribution in [3.63, 3.8) is 0 Å². The lowest BCUT2D eigenvalue weighted by molar-refractivity contribution is -0.141. The van der Waals surface area contributed by atoms with Crippen molar-refractivity contribution in [2.24, 2.45) is 0 Å². The molecule has 6 aromatic carbocycles. The number of ether oxygens (including phenoxy) is 2. The molecule has 14 nitrogen and oxygen atoms in total. The van der Waals surface area contributed by atoms with Gasteiger partial charge in [-0.3, -0.25) is 18.7 Å². The Hall–Kier alpha value is -7.34. The molecule has 6 aromatic rings. The highest BCUT2D eigenvalue weighted by molar-refractivity contribution is 7.86. The zero-order chi connectivity index (χ0) is 55.7. The van der Waals surface area contributed by atoms with E-state index in [4.69, 9.17) is 9.47 Å². The second-order valence-corrected chi connectivity index (χ2v) is 23.7. The minimum absolute atomic E-state index is 0.102. The number of para-hydroxylation sites is 2. The van der Waals surface area contributed by atoms with Gasteiger partial charge in [-0.2, -0.15) is 16.8 Å². The third-order valence-corrected chi connectivity index (χ3v) is 16.8. The number of likely N-dealkylation sites (N-methyl/N-ethyl adjacent to an activating group) is 1. The van der Waals surface area contributed by atoms with Crippen LogP contribution in [0, 0.1) is 0 Å². The van der Waals surface area contributed by atoms with Crippen molar-refractivity contribution in [2.45, 2.75) is 88.3 Å². The minimum Gasteiger partial charge on any atom is -0.464 e. The largest absolute Gasteiger partial charge is 0.464 e. The smallest absolute Gasteiger partial charge is 0.302 e. The van der Waals surface area contributed by atoms with Gasteiger partial charge in [-0.25, -0.2) is 0 Å². The maximum Gasteiger partial charge on any atom is 0.302 e. The normalized spacial score (nSPS) is 17.1. The lowest BCUT2D eigenvalue weighted by Gasteiger charge is -2.39. The zero-order valence-electron chi connectivity index (χ0n) is 45.0. The number of rotatable bonds is 18. The van der Waals surface area contributed by atoms with Gasteiger partial charge in [0.15, 0.2) is 0 Å². The van der Waals surface area contributed by atoms with Crippen LogP contribution in [0.3, 0.4) is 0 Å². The lowest BCUT2D eigenvalue weighted by Crippen LogP contribution is -2.34. The highest BCUT2D eigenvalue weighted by Crippen LogP contribution is 2.53. The molecule has 0 atom stereocenters. The summed E-state index contributed by atoms with van der Waals surface area (Å²) in [4.78, 5) is 30.4. The van der Waals surface area contributed by atoms with Crippen LogP contribution in [0.2, 0.25) is 0 Å². The summed E-state index contributed by atoms with van der Waals surface area (Å²) in [6.45, 7) is 15.7. The molecule has 406 valence electrons. The average Bonchev–Trinajstić information content (AvgIpc) is 4.08. The van der Waals surface area contributed by atoms with E-state index in [1.54, 1.807) is 18.2 Å². The fourth-order valence-electron chi connectivity index (χ4n) is 11.2. The Balaban J connectivity index is 1.21. The summed E-state index contributed by atoms with van der Waals surface area (Å²) in [5.74, 6) is -0.803. The summed E-state index contributed by atoms with van der Waals surface area (Å²) in [7, 11) is -8.96. The van der Waals surface area contributed by atoms with E-state index >= 15 is 0 Å². The molecular formula is C62H66N4O10S2. The second kappa shape index (κ2) is 22.2. The van der Waals surface area contributed by atoms with Crippen LogP contribution in [-0.2, 0) is 56.5 Å². The number of anilines is 4. The Labute approximate surface area is 457 Å². The number of nitrogens with zero attached hydrogens (tertiary/aromatic N) is 3. The van der Waals surface area contributed by atoms with E-state index < -0.39 is 43.0 Å². The number of allylic oxidation sites excluding steroid dienone is 8. The molecule has 0 radical (unpaired) electrons. The number of hydrogen-bond acceptors (Lipinski definition) is 12. The van der Waals surface area contributed by atoms with Crippen LogP contribution in [0.15, 0.2) is 184 Å². The predicted octanol–water partition coefficient (Wildman–Crippen LogP) is 11.8. The number of carbonyl (C=O) groups excluding carboxylic acids is 2. The molecule has 0 unspecified atom stereocenters. The third kappa shape index (κ3) is 11.2. The molecule has 78 heavy (non-hydrogen) atoms. The molecule has 0 bridgehead atoms. The Morgan fingerprint density at radius 2 is 1.29 bits per heavy atom. The predicted molar refractivity (Wildman–Crippen MR) is 308 cm³/mol. The first-order chi connectivity index (χ1) is 37.1. The van der Waals surface area contributed by atoms with Crippen LogP contribution in [0.4, 0.5) is 22.7 Å². The third-order valence-electron chi connectivity index (χ3n) is 15.1. The van der Waals surface area contributed by atoms with E-state index in [-0.39, 0.29) is 23.0 Å². The molecule has 2 heterocycles. The Morgan fingerprint density at radius 1 is 0.679 bits per heavy atom. The molecule has 9 rings (SSSR count). The van der Waals surface area contributed by atoms with Crippen molar-refractivity contribution in [1.82, 2.24) is 5.32 Å². The van der Waals surface area contributed by atoms with Gasteiger partial charge >= 0.3 is 11.9 Å². The first-order valence-corrected chi connectivity index (χ1v) is 29.1. The number of carbonyl (C=O) groups is 2. The van der Waals surface area contributed by atoms with Gasteiger partial charge < -0.3 is 29.5 Å². The second-order valence-electron chi connectivity index (χ2n) is 20.9. The van der Waals surface area contributed by atoms with Crippen LogP contribution in [0.5, 0.6) is 0 Å². The number of esters is 2. The first kappa shape index (κ1) is 55.4. The van der Waals surface area contributed by atoms with E-state index in [2.05, 4.69) is 109 Å². The fraction of sp³-hybridized carbons (Fsp3) is 0.290. The fourth-order valence-corrected chi connectivity index (χ4v) is 12.2. The van der Waals surface area contributed by atoms with E-state index in [0.29, 0.717) is 49.7 Å². The van der Waals surface area contributed by atoms with Crippen LogP contribution in [-0.4, -0.2) is 77.3 Å². The Morgan fingerprint density at radius 3 is 1.91 bits per heavy atom. The van der Waals surface area contributed by atoms with Crippen molar-refractivity contribution >= 4 is 76.5 Å². The van der Waals surface area contributed by atoms with Gasteiger partial charge in [-0.1, -0.05) is 120 Å². The summed E-state index contributed by atoms with van der Waals surface area (Å²) >= 11 is 0. The standard InChI is InChI=1S/C62H66N4O10S2/c1-8-63-32-31-46-38-56-60(53-28-26-51(39-54(46)53)78(72,73)74)65(34-36-76-42(3)68)57(62(56,6)7)30-23-44-20-19-43(58(44)66(48-15-11-9-12-16-48)49-17-13-10-14-18-49)21-24-47-40-64(33-35-75-41(2)67)59-52-27-25-50(77(69,70)71)37-45(52)22-29-55(59)61(47,4)5/h9-18,21-30,37-40,63H,8,19-20,31-36H2,1-7H3,(H,69,70,71)(H,72,73,74). The highest BCUT2D eigenvalue weighted by atomic mass is 32.2. The Kier molecular flexibility index (Phi) is 15.8. The number of fused-ring (bicyclic) bond motifs is 6. The van der Waals surface area contributed by atoms with Crippen LogP contribution < -0.4 is 20.0 Å². The monoisotopic (exact) mass is 1090 g/mol. The zero-order valence-corrected chi connectivity index (χ0v) is 46.7. The van der Waals surface area contributed by atoms with E-state index in [9.17, 15) is 35.5 Å². The van der Waals surface area contributed by atoms with Gasteiger partial charge in [0.1, 0.15) is 13.2 Å². The molecule has 0 saturated heterocycles. The molecule has 0 amide bonds. The maximum atomic E-state index is 12.5. The minimum atomic E-state index is -4.51. The summed E-state index contributed by atoms with van der Waals surface area (Å²) in [5, 5.41) is 6.34. The van der Waals surface area contributed by atoms with Gasteiger partial charge in [0.25, 0.3) is 20.2 Å². The van der Waals surface area contributed by atoms with Crippen LogP contribution >= 0.6 is 0 Å². The van der Waals surface area contributed by atoms with Crippen LogP contribution in [0.1, 0.15) is 78.0 Å². The van der Waals surface area contributed by atoms with Gasteiger partial charge in [0.05, 0.1) is 40.0 Å². The molecule has 3 N–H and O–H groups in total. The molecule has 3 aliphatic rings. The molecular weight excluding hydrogens is 1020 g/mol. The molecule has 0 saturated carbocycles. The van der Waals surface area contributed by atoms with Gasteiger partial charge in [-0.15, -0.1) is 0 Å². The summed E-state index contributed by atoms with van der Waals surface area (Å²) in [5.41, 5.74) is 10.6. The average molecular weight is 1090 g/mol. The van der Waals surface area contributed by atoms with Crippen LogP contribution in [0.25, 0.3) is 21.5 Å². The molecule has 0 spiro atoms. The van der Waals surface area contributed by atoms with E-state index in [0.717, 1.165) is 84.9 Å². The van der Waals surface area contributed by atoms with Gasteiger partial charge in [0, 0.05) is 58.7 Å². The molecule has 2 aliphatic heterocycles. The molecule has 1 aliphatic carbocycles. The number of benzene rings is 6. The Bertz CT molecular complexity index is 3690. The molecule has 0 fully saturated rings. The van der Waals surface area contributed by atoms with Crippen molar-refractivity contribution < 1.29 is 45.0 Å². The molecule has 16 heteroatoms. The summed E-state index contributed by atoms with van der Waals surface area (Å²) in [6.07, 6.45) is 12.8. The van der Waals surface area contributed by atoms with Crippen molar-refractivity contribution in [1.29, 1.82) is 0 Å². The first-order valence-electron chi connectivity index (χ1n) is 26.2. The number of nitrogens with one attached hydrogen (secondary N) is 1. The highest BCUT2D eigenvalue weighted by Gasteiger charge is 2.42. The van der Waals surface area contributed by atoms with Crippen molar-refractivity contribution in [2.75, 3.05) is 54.1 Å². The molecule has 0 aromatic heterocycles. The maximum absolute atomic E-state index is 12.5. The summed E-state index contributed by atoms with van der Waals surface area (Å²) in [6, 6.07) is 35.9. The SMILES string of the molecule is CCNCCc1cc2c(c3ccc(S(=O)(=O)O)cc13)N(CCOC(C)=O)C(=CC=C1CCC(C=CC3=CN(CCOC(C)=O)c4c(ccc5cc(S(=O)(=O)O)ccc45)C3(C)C)=C1N(c1ccccc1)c1ccccc1)C2(C)C. The van der Waals surface area contributed by atoms with E-state index in [1.165, 1.54) is 32.0 Å². The van der Waals surface area contributed by atoms with Gasteiger partial charge in [0.2, 0.25) is 0 Å². The number of hydrogen-bond donors (Lipinski definition) is 3. The van der Waals surface area contributed by atoms with E-state index in [1.807, 2.05) is 55.5 Å².